The van der Waals surface area contributed by atoms with E-state index in [4.69, 9.17) is 48.4 Å². The standard InChI is InChI=1S/C52H42N4O10/c1-61-41-13-9-7-11-39(41)51(53-43(31-15-23-35(24-16-31)47(57)63-3)44(54-51)32-17-25-36(26-18-32)48(58)64-4)52(40-12-8-10-14-42(40)62-2)55-45(33-19-27-37(28-20-33)49(59)65-5)46(56-52)34-21-29-38(30-22-34)50(60)66-6/h7-30H,1-6H3. The quantitative estimate of drug-likeness (QED) is 0.0822. The molecule has 0 spiro atoms. The van der Waals surface area contributed by atoms with Gasteiger partial charge in [-0.25, -0.2) is 39.1 Å². The molecule has 0 saturated heterocycles. The van der Waals surface area contributed by atoms with Crippen LogP contribution in [0.5, 0.6) is 11.5 Å². The summed E-state index contributed by atoms with van der Waals surface area (Å²) in [6.07, 6.45) is 0. The van der Waals surface area contributed by atoms with E-state index in [9.17, 15) is 19.2 Å². The zero-order chi connectivity index (χ0) is 46.6. The molecule has 14 nitrogen and oxygen atoms in total. The smallest absolute Gasteiger partial charge is 0.337 e. The van der Waals surface area contributed by atoms with E-state index < -0.39 is 35.2 Å². The van der Waals surface area contributed by atoms with Gasteiger partial charge >= 0.3 is 23.9 Å². The minimum atomic E-state index is -1.87. The van der Waals surface area contributed by atoms with Gasteiger partial charge in [-0.15, -0.1) is 0 Å². The number of hydrogen-bond acceptors (Lipinski definition) is 14. The largest absolute Gasteiger partial charge is 0.496 e. The number of para-hydroxylation sites is 2. The lowest BCUT2D eigenvalue weighted by Crippen LogP contribution is -2.43. The van der Waals surface area contributed by atoms with Gasteiger partial charge < -0.3 is 28.4 Å². The molecule has 0 aromatic heterocycles. The summed E-state index contributed by atoms with van der Waals surface area (Å²) in [5.74, 6) is -1.26. The number of carbonyl (C=O) groups excluding carboxylic acids is 4. The Labute approximate surface area is 379 Å². The van der Waals surface area contributed by atoms with E-state index in [2.05, 4.69) is 0 Å². The van der Waals surface area contributed by atoms with Crippen LogP contribution in [0.3, 0.4) is 0 Å². The lowest BCUT2D eigenvalue weighted by molar-refractivity contribution is 0.0592. The molecule has 0 unspecified atom stereocenters. The van der Waals surface area contributed by atoms with Crippen molar-refractivity contribution >= 4 is 46.7 Å². The van der Waals surface area contributed by atoms with Crippen molar-refractivity contribution in [3.63, 3.8) is 0 Å². The fraction of sp³-hybridized carbons (Fsp3) is 0.154. The Morgan fingerprint density at radius 1 is 0.333 bits per heavy atom. The van der Waals surface area contributed by atoms with E-state index in [0.717, 1.165) is 0 Å². The van der Waals surface area contributed by atoms with Gasteiger partial charge in [0.1, 0.15) is 11.5 Å². The molecule has 0 atom stereocenters. The van der Waals surface area contributed by atoms with E-state index in [1.54, 1.807) is 123 Å². The summed E-state index contributed by atoms with van der Waals surface area (Å²) in [5, 5.41) is 0. The van der Waals surface area contributed by atoms with Crippen LogP contribution in [0.4, 0.5) is 0 Å². The van der Waals surface area contributed by atoms with Gasteiger partial charge in [0, 0.05) is 33.4 Å². The number of esters is 4. The summed E-state index contributed by atoms with van der Waals surface area (Å²) in [4.78, 5) is 73.4. The van der Waals surface area contributed by atoms with Crippen molar-refractivity contribution < 1.29 is 47.6 Å². The van der Waals surface area contributed by atoms with Gasteiger partial charge in [-0.2, -0.15) is 0 Å². The monoisotopic (exact) mass is 882 g/mol. The van der Waals surface area contributed by atoms with Crippen molar-refractivity contribution in [1.82, 2.24) is 0 Å². The Hall–Kier alpha value is -8.52. The van der Waals surface area contributed by atoms with Crippen LogP contribution in [-0.4, -0.2) is 89.4 Å². The molecule has 0 aliphatic carbocycles. The van der Waals surface area contributed by atoms with Crippen molar-refractivity contribution in [2.75, 3.05) is 42.7 Å². The van der Waals surface area contributed by atoms with Crippen molar-refractivity contribution in [3.8, 4) is 11.5 Å². The molecule has 8 rings (SSSR count). The van der Waals surface area contributed by atoms with E-state index >= 15 is 0 Å². The molecule has 2 aliphatic rings. The van der Waals surface area contributed by atoms with E-state index in [1.165, 1.54) is 28.4 Å². The first kappa shape index (κ1) is 44.1. The lowest BCUT2D eigenvalue weighted by Gasteiger charge is -2.39. The Morgan fingerprint density at radius 3 is 0.773 bits per heavy atom. The summed E-state index contributed by atoms with van der Waals surface area (Å²) in [5.41, 5.74) is 2.35. The molecule has 66 heavy (non-hydrogen) atoms. The number of rotatable bonds is 13. The summed E-state index contributed by atoms with van der Waals surface area (Å²) in [6, 6.07) is 41.8. The molecule has 6 aromatic rings. The van der Waals surface area contributed by atoms with Crippen LogP contribution in [0.25, 0.3) is 0 Å². The Morgan fingerprint density at radius 2 is 0.561 bits per heavy atom. The molecule has 14 heteroatoms. The Kier molecular flexibility index (Phi) is 12.2. The highest BCUT2D eigenvalue weighted by atomic mass is 16.5. The van der Waals surface area contributed by atoms with Crippen LogP contribution in [0, 0.1) is 0 Å². The van der Waals surface area contributed by atoms with Crippen LogP contribution < -0.4 is 9.47 Å². The van der Waals surface area contributed by atoms with Gasteiger partial charge in [0.25, 0.3) is 0 Å². The first-order chi connectivity index (χ1) is 32.0. The predicted molar refractivity (Wildman–Crippen MR) is 247 cm³/mol. The van der Waals surface area contributed by atoms with Crippen molar-refractivity contribution in [1.29, 1.82) is 0 Å². The highest BCUT2D eigenvalue weighted by Crippen LogP contribution is 2.58. The van der Waals surface area contributed by atoms with Gasteiger partial charge in [0.15, 0.2) is 0 Å². The normalized spacial score (nSPS) is 14.5. The van der Waals surface area contributed by atoms with Crippen molar-refractivity contribution in [2.24, 2.45) is 20.0 Å². The minimum absolute atomic E-state index is 0.318. The highest BCUT2D eigenvalue weighted by molar-refractivity contribution is 6.56. The number of benzene rings is 6. The maximum Gasteiger partial charge on any atom is 0.337 e. The number of nitrogens with zero attached hydrogens (tertiary/aromatic N) is 4. The molecule has 0 radical (unpaired) electrons. The zero-order valence-electron chi connectivity index (χ0n) is 36.7. The molecule has 330 valence electrons. The van der Waals surface area contributed by atoms with Gasteiger partial charge in [0.05, 0.1) is 87.8 Å². The zero-order valence-corrected chi connectivity index (χ0v) is 36.7. The summed E-state index contributed by atoms with van der Waals surface area (Å²) < 4.78 is 32.3. The maximum absolute atomic E-state index is 12.7. The van der Waals surface area contributed by atoms with E-state index in [-0.39, 0.29) is 0 Å². The predicted octanol–water partition coefficient (Wildman–Crippen LogP) is 7.84. The number of carbonyl (C=O) groups is 4. The van der Waals surface area contributed by atoms with Gasteiger partial charge in [-0.1, -0.05) is 84.9 Å². The van der Waals surface area contributed by atoms with Crippen LogP contribution >= 0.6 is 0 Å². The molecule has 6 aromatic carbocycles. The number of methoxy groups -OCH3 is 6. The summed E-state index contributed by atoms with van der Waals surface area (Å²) >= 11 is 0. The Balaban J connectivity index is 1.53. The third-order valence-electron chi connectivity index (χ3n) is 11.3. The van der Waals surface area contributed by atoms with E-state index in [1.807, 2.05) is 36.4 Å². The second-order valence-corrected chi connectivity index (χ2v) is 14.9. The average molecular weight is 883 g/mol. The molecule has 0 bridgehead atoms. The second kappa shape index (κ2) is 18.3. The summed E-state index contributed by atoms with van der Waals surface area (Å²) in [7, 11) is 8.34. The Bertz CT molecular complexity index is 2640. The second-order valence-electron chi connectivity index (χ2n) is 14.9. The van der Waals surface area contributed by atoms with Gasteiger partial charge in [-0.05, 0) is 60.7 Å². The fourth-order valence-electron chi connectivity index (χ4n) is 8.04. The topological polar surface area (TPSA) is 173 Å². The van der Waals surface area contributed by atoms with Gasteiger partial charge in [-0.3, -0.25) is 0 Å². The molecule has 0 N–H and O–H groups in total. The summed E-state index contributed by atoms with van der Waals surface area (Å²) in [6.45, 7) is 0. The number of aliphatic imine (C=N–C) groups is 4. The van der Waals surface area contributed by atoms with Crippen LogP contribution in [0.15, 0.2) is 166 Å². The maximum atomic E-state index is 12.7. The van der Waals surface area contributed by atoms with Crippen LogP contribution in [-0.2, 0) is 30.3 Å². The van der Waals surface area contributed by atoms with Crippen molar-refractivity contribution in [2.45, 2.75) is 11.3 Å². The third-order valence-corrected chi connectivity index (χ3v) is 11.3. The molecule has 0 amide bonds. The van der Waals surface area contributed by atoms with E-state index in [0.29, 0.717) is 90.0 Å². The number of ether oxygens (including phenoxy) is 6. The molecular formula is C52H42N4O10. The minimum Gasteiger partial charge on any atom is -0.496 e. The molecule has 0 saturated carbocycles. The van der Waals surface area contributed by atoms with Gasteiger partial charge in [0.2, 0.25) is 11.3 Å². The fourth-order valence-corrected chi connectivity index (χ4v) is 8.04. The molecular weight excluding hydrogens is 841 g/mol. The SMILES string of the molecule is COC(=O)c1ccc(C2=NC(c3ccccc3OC)(C3(c4ccccc4OC)N=C(c4ccc(C(=O)OC)cc4)C(c4ccc(C(=O)OC)cc4)=N3)N=C2c2ccc(C(=O)OC)cc2)cc1. The average Bonchev–Trinajstić information content (AvgIpc) is 4.00. The van der Waals surface area contributed by atoms with Crippen LogP contribution in [0.2, 0.25) is 0 Å². The molecule has 0 fully saturated rings. The van der Waals surface area contributed by atoms with Crippen LogP contribution in [0.1, 0.15) is 74.8 Å². The van der Waals surface area contributed by atoms with Crippen molar-refractivity contribution in [3.05, 3.63) is 201 Å². The first-order valence-electron chi connectivity index (χ1n) is 20.5. The highest BCUT2D eigenvalue weighted by Gasteiger charge is 2.62. The third kappa shape index (κ3) is 7.67. The number of hydrogen-bond donors (Lipinski definition) is 0. The lowest BCUT2D eigenvalue weighted by atomic mass is 9.81. The first-order valence-corrected chi connectivity index (χ1v) is 20.5. The molecule has 2 aliphatic heterocycles. The molecule has 2 heterocycles.